The molecule has 0 aromatic heterocycles. The van der Waals surface area contributed by atoms with Crippen molar-refractivity contribution in [1.29, 1.82) is 0 Å². The van der Waals surface area contributed by atoms with E-state index in [4.69, 9.17) is 27.8 Å². The van der Waals surface area contributed by atoms with E-state index in [9.17, 15) is 8.42 Å². The van der Waals surface area contributed by atoms with E-state index in [1.807, 2.05) is 0 Å². The number of allylic oxidation sites excluding steroid dienone is 3. The molecule has 0 aromatic rings. The first-order valence-corrected chi connectivity index (χ1v) is 5.17. The molecule has 0 saturated carbocycles. The van der Waals surface area contributed by atoms with Crippen molar-refractivity contribution in [3.05, 3.63) is 27.5 Å². The van der Waals surface area contributed by atoms with Gasteiger partial charge in [0.2, 0.25) is 0 Å². The van der Waals surface area contributed by atoms with Gasteiger partial charge in [0.1, 0.15) is 4.91 Å². The largest absolute Gasteiger partial charge is 0.295 e. The molecule has 0 unspecified atom stereocenters. The summed E-state index contributed by atoms with van der Waals surface area (Å²) in [5, 5.41) is 0.328. The smallest absolute Gasteiger partial charge is 0.282 e. The van der Waals surface area contributed by atoms with Crippen LogP contribution >= 0.6 is 23.2 Å². The summed E-state index contributed by atoms with van der Waals surface area (Å²) < 4.78 is 29.9. The van der Waals surface area contributed by atoms with Crippen LogP contribution in [0.4, 0.5) is 0 Å². The van der Waals surface area contributed by atoms with E-state index in [2.05, 4.69) is 0 Å². The molecule has 0 aliphatic heterocycles. The topological polar surface area (TPSA) is 54.4 Å². The zero-order valence-electron chi connectivity index (χ0n) is 5.79. The summed E-state index contributed by atoms with van der Waals surface area (Å²) in [6.07, 6.45) is 2.90. The Bertz CT molecular complexity index is 353. The second-order valence-corrected chi connectivity index (χ2v) is 4.46. The highest BCUT2D eigenvalue weighted by molar-refractivity contribution is 7.90. The molecule has 1 N–H and O–H groups in total. The Hall–Kier alpha value is -0.0300. The molecular weight excluding hydrogens is 223 g/mol. The first-order chi connectivity index (χ1) is 5.41. The molecule has 1 aliphatic rings. The molecule has 1 aliphatic carbocycles. The normalized spacial score (nSPS) is 19.4. The van der Waals surface area contributed by atoms with Gasteiger partial charge in [0, 0.05) is 16.5 Å². The van der Waals surface area contributed by atoms with Crippen molar-refractivity contribution in [3.8, 4) is 0 Å². The first-order valence-electron chi connectivity index (χ1n) is 2.98. The van der Waals surface area contributed by atoms with Crippen LogP contribution in [0.15, 0.2) is 21.0 Å². The van der Waals surface area contributed by atoms with Crippen molar-refractivity contribution in [1.82, 2.24) is 0 Å². The Labute approximate surface area is 80.4 Å². The molecule has 0 atom stereocenters. The molecule has 1 rings (SSSR count). The molecule has 3 nitrogen and oxygen atoms in total. The van der Waals surface area contributed by atoms with E-state index >= 15 is 0 Å². The third-order valence-corrected chi connectivity index (χ3v) is 2.94. The zero-order chi connectivity index (χ0) is 9.35. The highest BCUT2D eigenvalue weighted by Crippen LogP contribution is 2.30. The summed E-state index contributed by atoms with van der Waals surface area (Å²) in [6.45, 7) is 0. The minimum absolute atomic E-state index is 0.0712. The Morgan fingerprint density at radius 1 is 1.42 bits per heavy atom. The molecule has 1 radical (unpaired) electrons. The van der Waals surface area contributed by atoms with Crippen LogP contribution in [0.3, 0.4) is 0 Å². The lowest BCUT2D eigenvalue weighted by molar-refractivity contribution is 0.491. The Morgan fingerprint density at radius 2 is 2.00 bits per heavy atom. The van der Waals surface area contributed by atoms with Crippen LogP contribution < -0.4 is 0 Å². The van der Waals surface area contributed by atoms with E-state index in [1.165, 1.54) is 0 Å². The summed E-state index contributed by atoms with van der Waals surface area (Å²) in [7, 11) is -4.24. The first kappa shape index (κ1) is 10.1. The maximum Gasteiger partial charge on any atom is 0.295 e. The third kappa shape index (κ3) is 2.23. The fourth-order valence-corrected chi connectivity index (χ4v) is 2.08. The van der Waals surface area contributed by atoms with E-state index < -0.39 is 10.1 Å². The SMILES string of the molecule is O=S(=O)(O)C1=C(Cl)C[CH]C(Cl)=C1. The Morgan fingerprint density at radius 3 is 2.42 bits per heavy atom. The summed E-state index contributed by atoms with van der Waals surface area (Å²) in [5.41, 5.74) is 0. The highest BCUT2D eigenvalue weighted by Gasteiger charge is 2.20. The fourth-order valence-electron chi connectivity index (χ4n) is 0.765. The van der Waals surface area contributed by atoms with Crippen LogP contribution in [0.1, 0.15) is 6.42 Å². The average molecular weight is 228 g/mol. The van der Waals surface area contributed by atoms with E-state index in [-0.39, 0.29) is 21.4 Å². The third-order valence-electron chi connectivity index (χ3n) is 1.29. The van der Waals surface area contributed by atoms with Gasteiger partial charge in [0.15, 0.2) is 0 Å². The lowest BCUT2D eigenvalue weighted by Gasteiger charge is -2.09. The lowest BCUT2D eigenvalue weighted by Crippen LogP contribution is -2.05. The molecule has 0 spiro atoms. The molecule has 0 saturated heterocycles. The summed E-state index contributed by atoms with van der Waals surface area (Å²) >= 11 is 11.1. The molecule has 0 fully saturated rings. The van der Waals surface area contributed by atoms with Crippen molar-refractivity contribution in [2.24, 2.45) is 0 Å². The van der Waals surface area contributed by atoms with Gasteiger partial charge in [-0.1, -0.05) is 23.2 Å². The highest BCUT2D eigenvalue weighted by atomic mass is 35.5. The zero-order valence-corrected chi connectivity index (χ0v) is 8.12. The second-order valence-electron chi connectivity index (χ2n) is 2.18. The van der Waals surface area contributed by atoms with Crippen LogP contribution in [-0.4, -0.2) is 13.0 Å². The van der Waals surface area contributed by atoms with Crippen LogP contribution in [0.2, 0.25) is 0 Å². The molecule has 0 bridgehead atoms. The molecular formula is C6H5Cl2O3S. The molecule has 0 aromatic carbocycles. The van der Waals surface area contributed by atoms with Crippen LogP contribution in [0.25, 0.3) is 0 Å². The van der Waals surface area contributed by atoms with Gasteiger partial charge in [0.25, 0.3) is 10.1 Å². The predicted molar refractivity (Wildman–Crippen MR) is 47.3 cm³/mol. The van der Waals surface area contributed by atoms with Gasteiger partial charge in [-0.25, -0.2) is 0 Å². The van der Waals surface area contributed by atoms with Crippen molar-refractivity contribution in [2.75, 3.05) is 0 Å². The number of hydrogen-bond acceptors (Lipinski definition) is 2. The van der Waals surface area contributed by atoms with Gasteiger partial charge in [-0.2, -0.15) is 8.42 Å². The molecule has 12 heavy (non-hydrogen) atoms. The quantitative estimate of drug-likeness (QED) is 0.698. The fraction of sp³-hybridized carbons (Fsp3) is 0.167. The Balaban J connectivity index is 3.19. The van der Waals surface area contributed by atoms with Gasteiger partial charge >= 0.3 is 0 Å². The van der Waals surface area contributed by atoms with E-state index in [1.54, 1.807) is 6.42 Å². The second kappa shape index (κ2) is 3.38. The van der Waals surface area contributed by atoms with E-state index in [0.29, 0.717) is 0 Å². The van der Waals surface area contributed by atoms with Crippen molar-refractivity contribution < 1.29 is 13.0 Å². The molecule has 0 amide bonds. The standard InChI is InChI=1S/C6H5Cl2O3S/c7-4-1-2-5(8)6(3-4)12(9,10)11/h1,3H,2H2,(H,9,10,11). The molecule has 6 heteroatoms. The van der Waals surface area contributed by atoms with Gasteiger partial charge in [0.05, 0.1) is 0 Å². The minimum Gasteiger partial charge on any atom is -0.282 e. The van der Waals surface area contributed by atoms with Gasteiger partial charge < -0.3 is 0 Å². The molecule has 67 valence electrons. The summed E-state index contributed by atoms with van der Waals surface area (Å²) in [5.74, 6) is 0. The minimum atomic E-state index is -4.24. The van der Waals surface area contributed by atoms with Crippen molar-refractivity contribution in [3.63, 3.8) is 0 Å². The summed E-state index contributed by atoms with van der Waals surface area (Å²) in [4.78, 5) is -0.323. The molecule has 0 heterocycles. The average Bonchev–Trinajstić information content (AvgIpc) is 1.92. The Kier molecular flexibility index (Phi) is 2.83. The van der Waals surface area contributed by atoms with Gasteiger partial charge in [-0.3, -0.25) is 4.55 Å². The number of hydrogen-bond donors (Lipinski definition) is 1. The van der Waals surface area contributed by atoms with Crippen molar-refractivity contribution >= 4 is 33.3 Å². The maximum absolute atomic E-state index is 10.6. The number of halogens is 2. The monoisotopic (exact) mass is 227 g/mol. The summed E-state index contributed by atoms with van der Waals surface area (Å²) in [6, 6.07) is 0. The van der Waals surface area contributed by atoms with Crippen LogP contribution in [-0.2, 0) is 10.1 Å². The maximum atomic E-state index is 10.6. The van der Waals surface area contributed by atoms with Crippen molar-refractivity contribution in [2.45, 2.75) is 6.42 Å². The number of rotatable bonds is 1. The van der Waals surface area contributed by atoms with Crippen LogP contribution in [0, 0.1) is 6.42 Å². The van der Waals surface area contributed by atoms with Gasteiger partial charge in [-0.15, -0.1) is 0 Å². The lowest BCUT2D eigenvalue weighted by atomic mass is 10.2. The van der Waals surface area contributed by atoms with E-state index in [0.717, 1.165) is 6.08 Å². The van der Waals surface area contributed by atoms with Crippen LogP contribution in [0.5, 0.6) is 0 Å². The van der Waals surface area contributed by atoms with Gasteiger partial charge in [-0.05, 0) is 12.5 Å². The predicted octanol–water partition coefficient (Wildman–Crippen LogP) is 2.06.